The van der Waals surface area contributed by atoms with Crippen molar-refractivity contribution in [3.8, 4) is 0 Å². The van der Waals surface area contributed by atoms with Crippen LogP contribution >= 0.6 is 0 Å². The minimum Gasteiger partial charge on any atom is -0.326 e. The Kier molecular flexibility index (Phi) is 5.98. The van der Waals surface area contributed by atoms with Crippen molar-refractivity contribution in [3.05, 3.63) is 24.3 Å². The Hall–Kier alpha value is -2.08. The van der Waals surface area contributed by atoms with Crippen molar-refractivity contribution in [3.63, 3.8) is 0 Å². The molecule has 0 aliphatic carbocycles. The fourth-order valence-corrected chi connectivity index (χ4v) is 2.67. The van der Waals surface area contributed by atoms with E-state index in [1.807, 2.05) is 4.90 Å². The monoisotopic (exact) mass is 318 g/mol. The van der Waals surface area contributed by atoms with Crippen LogP contribution in [-0.2, 0) is 4.79 Å². The summed E-state index contributed by atoms with van der Waals surface area (Å²) in [5.41, 5.74) is 1.45. The molecule has 2 rings (SSSR count). The van der Waals surface area contributed by atoms with Crippen LogP contribution in [-0.4, -0.2) is 54.0 Å². The van der Waals surface area contributed by atoms with Crippen LogP contribution in [0.2, 0.25) is 0 Å². The van der Waals surface area contributed by atoms with Crippen molar-refractivity contribution < 1.29 is 9.59 Å². The van der Waals surface area contributed by atoms with Gasteiger partial charge in [0.2, 0.25) is 5.91 Å². The lowest BCUT2D eigenvalue weighted by atomic mass is 10.2. The highest BCUT2D eigenvalue weighted by Crippen LogP contribution is 2.15. The van der Waals surface area contributed by atoms with Gasteiger partial charge in [0.05, 0.1) is 0 Å². The van der Waals surface area contributed by atoms with Gasteiger partial charge < -0.3 is 15.5 Å². The van der Waals surface area contributed by atoms with Crippen LogP contribution in [0, 0.1) is 0 Å². The van der Waals surface area contributed by atoms with Crippen LogP contribution in [0.3, 0.4) is 0 Å². The number of amides is 3. The molecule has 0 aromatic heterocycles. The highest BCUT2D eigenvalue weighted by molar-refractivity contribution is 5.91. The molecule has 2 N–H and O–H groups in total. The maximum atomic E-state index is 12.3. The van der Waals surface area contributed by atoms with Crippen LogP contribution in [0.25, 0.3) is 0 Å². The van der Waals surface area contributed by atoms with E-state index >= 15 is 0 Å². The zero-order chi connectivity index (χ0) is 16.8. The molecule has 1 aromatic rings. The first kappa shape index (κ1) is 17.3. The molecule has 1 atom stereocenters. The number of benzene rings is 1. The molecule has 23 heavy (non-hydrogen) atoms. The van der Waals surface area contributed by atoms with Gasteiger partial charge in [0, 0.05) is 50.5 Å². The number of urea groups is 1. The van der Waals surface area contributed by atoms with Crippen LogP contribution in [0.4, 0.5) is 16.2 Å². The van der Waals surface area contributed by atoms with Gasteiger partial charge in [-0.1, -0.05) is 6.92 Å². The molecule has 1 heterocycles. The maximum absolute atomic E-state index is 12.3. The van der Waals surface area contributed by atoms with Crippen molar-refractivity contribution in [1.29, 1.82) is 0 Å². The quantitative estimate of drug-likeness (QED) is 0.897. The Morgan fingerprint density at radius 2 is 1.57 bits per heavy atom. The zero-order valence-corrected chi connectivity index (χ0v) is 14.1. The Bertz CT molecular complexity index is 536. The minimum absolute atomic E-state index is 0.0684. The van der Waals surface area contributed by atoms with Crippen LogP contribution in [0.5, 0.6) is 0 Å². The summed E-state index contributed by atoms with van der Waals surface area (Å²) in [6, 6.07) is 7.63. The Morgan fingerprint density at radius 3 is 2.04 bits per heavy atom. The summed E-state index contributed by atoms with van der Waals surface area (Å²) < 4.78 is 0. The van der Waals surface area contributed by atoms with Crippen molar-refractivity contribution in [2.45, 2.75) is 33.2 Å². The lowest BCUT2D eigenvalue weighted by Crippen LogP contribution is -2.52. The molecular weight excluding hydrogens is 292 g/mol. The van der Waals surface area contributed by atoms with Crippen LogP contribution < -0.4 is 10.6 Å². The number of nitrogens with one attached hydrogen (secondary N) is 2. The molecule has 6 heteroatoms. The predicted molar refractivity (Wildman–Crippen MR) is 92.7 cm³/mol. The molecule has 0 spiro atoms. The number of nitrogens with zero attached hydrogens (tertiary/aromatic N) is 2. The van der Waals surface area contributed by atoms with E-state index in [-0.39, 0.29) is 11.9 Å². The highest BCUT2D eigenvalue weighted by atomic mass is 16.2. The van der Waals surface area contributed by atoms with E-state index in [1.165, 1.54) is 6.92 Å². The zero-order valence-electron chi connectivity index (χ0n) is 14.1. The summed E-state index contributed by atoms with van der Waals surface area (Å²) in [6.07, 6.45) is 1.13. The third kappa shape index (κ3) is 4.96. The maximum Gasteiger partial charge on any atom is 0.321 e. The largest absolute Gasteiger partial charge is 0.326 e. The summed E-state index contributed by atoms with van der Waals surface area (Å²) in [7, 11) is 0. The lowest BCUT2D eigenvalue weighted by Gasteiger charge is -2.37. The van der Waals surface area contributed by atoms with Gasteiger partial charge in [-0.2, -0.15) is 0 Å². The van der Waals surface area contributed by atoms with Gasteiger partial charge in [0.15, 0.2) is 0 Å². The fourth-order valence-electron chi connectivity index (χ4n) is 2.67. The van der Waals surface area contributed by atoms with E-state index in [2.05, 4.69) is 29.4 Å². The van der Waals surface area contributed by atoms with Gasteiger partial charge in [-0.05, 0) is 37.6 Å². The van der Waals surface area contributed by atoms with Crippen LogP contribution in [0.15, 0.2) is 24.3 Å². The molecule has 0 saturated carbocycles. The smallest absolute Gasteiger partial charge is 0.321 e. The lowest BCUT2D eigenvalue weighted by molar-refractivity contribution is -0.114. The third-order valence-corrected chi connectivity index (χ3v) is 4.27. The molecule has 1 aliphatic heterocycles. The molecule has 1 unspecified atom stereocenters. The van der Waals surface area contributed by atoms with Gasteiger partial charge >= 0.3 is 6.03 Å². The Labute approximate surface area is 137 Å². The average molecular weight is 318 g/mol. The first-order valence-electron chi connectivity index (χ1n) is 8.17. The van der Waals surface area contributed by atoms with E-state index in [1.54, 1.807) is 24.3 Å². The van der Waals surface area contributed by atoms with Crippen molar-refractivity contribution in [1.82, 2.24) is 9.80 Å². The minimum atomic E-state index is -0.110. The second-order valence-electron chi connectivity index (χ2n) is 5.97. The van der Waals surface area contributed by atoms with Crippen LogP contribution in [0.1, 0.15) is 27.2 Å². The number of hydrogen-bond donors (Lipinski definition) is 2. The van der Waals surface area contributed by atoms with E-state index in [0.717, 1.165) is 44.0 Å². The first-order valence-corrected chi connectivity index (χ1v) is 8.17. The van der Waals surface area contributed by atoms with E-state index in [9.17, 15) is 9.59 Å². The second-order valence-corrected chi connectivity index (χ2v) is 5.97. The van der Waals surface area contributed by atoms with Gasteiger partial charge in [0.1, 0.15) is 0 Å². The molecule has 0 radical (unpaired) electrons. The Balaban J connectivity index is 1.84. The van der Waals surface area contributed by atoms with E-state index < -0.39 is 0 Å². The molecule has 3 amide bonds. The summed E-state index contributed by atoms with van der Waals surface area (Å²) in [6.45, 7) is 9.23. The molecule has 1 aliphatic rings. The topological polar surface area (TPSA) is 64.7 Å². The summed E-state index contributed by atoms with van der Waals surface area (Å²) >= 11 is 0. The Morgan fingerprint density at radius 1 is 1.04 bits per heavy atom. The molecular formula is C17H26N4O2. The van der Waals surface area contributed by atoms with E-state index in [0.29, 0.717) is 6.04 Å². The molecule has 1 aromatic carbocycles. The molecule has 1 fully saturated rings. The van der Waals surface area contributed by atoms with E-state index in [4.69, 9.17) is 0 Å². The van der Waals surface area contributed by atoms with Gasteiger partial charge in [-0.25, -0.2) is 4.79 Å². The number of hydrogen-bond acceptors (Lipinski definition) is 3. The summed E-state index contributed by atoms with van der Waals surface area (Å²) in [5, 5.41) is 5.61. The van der Waals surface area contributed by atoms with Crippen molar-refractivity contribution in [2.24, 2.45) is 0 Å². The molecule has 0 bridgehead atoms. The fraction of sp³-hybridized carbons (Fsp3) is 0.529. The number of carbonyl (C=O) groups is 2. The number of carbonyl (C=O) groups excluding carboxylic acids is 2. The molecule has 1 saturated heterocycles. The number of piperazine rings is 1. The first-order chi connectivity index (χ1) is 11.0. The molecule has 126 valence electrons. The third-order valence-electron chi connectivity index (χ3n) is 4.27. The SMILES string of the molecule is CCC(C)N1CCN(C(=O)Nc2ccc(NC(C)=O)cc2)CC1. The van der Waals surface area contributed by atoms with Crippen molar-refractivity contribution in [2.75, 3.05) is 36.8 Å². The standard InChI is InChI=1S/C17H26N4O2/c1-4-13(2)20-9-11-21(12-10-20)17(23)19-16-7-5-15(6-8-16)18-14(3)22/h5-8,13H,4,9-12H2,1-3H3,(H,18,22)(H,19,23). The van der Waals surface area contributed by atoms with Gasteiger partial charge in [-0.15, -0.1) is 0 Å². The van der Waals surface area contributed by atoms with Gasteiger partial charge in [-0.3, -0.25) is 9.69 Å². The van der Waals surface area contributed by atoms with Gasteiger partial charge in [0.25, 0.3) is 0 Å². The highest BCUT2D eigenvalue weighted by Gasteiger charge is 2.23. The van der Waals surface area contributed by atoms with Crippen molar-refractivity contribution >= 4 is 23.3 Å². The molecule has 6 nitrogen and oxygen atoms in total. The normalized spacial score (nSPS) is 16.7. The number of anilines is 2. The second kappa shape index (κ2) is 7.97. The average Bonchev–Trinajstić information content (AvgIpc) is 2.55. The number of rotatable bonds is 4. The summed E-state index contributed by atoms with van der Waals surface area (Å²) in [4.78, 5) is 27.6. The predicted octanol–water partition coefficient (Wildman–Crippen LogP) is 2.59. The summed E-state index contributed by atoms with van der Waals surface area (Å²) in [5.74, 6) is -0.110.